The zero-order valence-corrected chi connectivity index (χ0v) is 18.4. The highest BCUT2D eigenvalue weighted by molar-refractivity contribution is 5.81. The molecule has 0 fully saturated rings. The second kappa shape index (κ2) is 8.46. The average Bonchev–Trinajstić information content (AvgIpc) is 2.74. The number of carbonyl (C=O) groups is 1. The van der Waals surface area contributed by atoms with Crippen LogP contribution in [0.3, 0.4) is 0 Å². The highest BCUT2D eigenvalue weighted by Gasteiger charge is 2.35. The molecule has 1 N–H and O–H groups in total. The first kappa shape index (κ1) is 21.0. The molecule has 1 aromatic carbocycles. The molecule has 160 valence electrons. The third-order valence-corrected chi connectivity index (χ3v) is 5.64. The number of pyridine rings is 1. The van der Waals surface area contributed by atoms with Crippen molar-refractivity contribution in [2.75, 3.05) is 0 Å². The van der Waals surface area contributed by atoms with Crippen molar-refractivity contribution in [3.05, 3.63) is 71.8 Å². The Bertz CT molecular complexity index is 1060. The number of hydrogen-bond acceptors (Lipinski definition) is 5. The predicted molar refractivity (Wildman–Crippen MR) is 120 cm³/mol. The van der Waals surface area contributed by atoms with E-state index in [-0.39, 0.29) is 17.4 Å². The van der Waals surface area contributed by atoms with Crippen molar-refractivity contribution in [1.82, 2.24) is 20.3 Å². The SMILES string of the molecule is Cc1ccc(OC(C)C(=O)NC2CC(C)(C)Cc3nc(-c4ccncc4)ncc32)cc1. The van der Waals surface area contributed by atoms with Gasteiger partial charge in [0.1, 0.15) is 5.75 Å². The zero-order chi connectivity index (χ0) is 22.0. The lowest BCUT2D eigenvalue weighted by Crippen LogP contribution is -2.42. The number of aromatic nitrogens is 3. The number of amides is 1. The number of carbonyl (C=O) groups excluding carboxylic acids is 1. The Hall–Kier alpha value is -3.28. The maximum absolute atomic E-state index is 12.9. The fourth-order valence-electron chi connectivity index (χ4n) is 3.98. The fourth-order valence-corrected chi connectivity index (χ4v) is 3.98. The van der Waals surface area contributed by atoms with Crippen LogP contribution in [-0.2, 0) is 11.2 Å². The molecule has 0 radical (unpaired) electrons. The monoisotopic (exact) mass is 416 g/mol. The minimum absolute atomic E-state index is 0.00979. The van der Waals surface area contributed by atoms with E-state index in [2.05, 4.69) is 29.1 Å². The van der Waals surface area contributed by atoms with E-state index in [0.717, 1.165) is 35.2 Å². The van der Waals surface area contributed by atoms with Gasteiger partial charge in [0.2, 0.25) is 0 Å². The summed E-state index contributed by atoms with van der Waals surface area (Å²) >= 11 is 0. The first-order valence-electron chi connectivity index (χ1n) is 10.6. The number of ether oxygens (including phenoxy) is 1. The Morgan fingerprint density at radius 2 is 1.87 bits per heavy atom. The van der Waals surface area contributed by atoms with E-state index >= 15 is 0 Å². The number of aryl methyl sites for hydroxylation is 1. The van der Waals surface area contributed by atoms with Crippen molar-refractivity contribution < 1.29 is 9.53 Å². The first-order valence-corrected chi connectivity index (χ1v) is 10.6. The van der Waals surface area contributed by atoms with E-state index in [1.807, 2.05) is 49.5 Å². The molecule has 1 amide bonds. The fraction of sp³-hybridized carbons (Fsp3) is 0.360. The van der Waals surface area contributed by atoms with Crippen LogP contribution in [0.2, 0.25) is 0 Å². The maximum Gasteiger partial charge on any atom is 0.261 e. The van der Waals surface area contributed by atoms with Crippen LogP contribution in [0.1, 0.15) is 50.1 Å². The van der Waals surface area contributed by atoms with E-state index in [0.29, 0.717) is 11.6 Å². The van der Waals surface area contributed by atoms with Gasteiger partial charge in [-0.15, -0.1) is 0 Å². The highest BCUT2D eigenvalue weighted by atomic mass is 16.5. The summed E-state index contributed by atoms with van der Waals surface area (Å²) < 4.78 is 5.84. The summed E-state index contributed by atoms with van der Waals surface area (Å²) in [6, 6.07) is 11.4. The normalized spacial score (nSPS) is 18.0. The number of hydrogen-bond donors (Lipinski definition) is 1. The van der Waals surface area contributed by atoms with E-state index in [1.165, 1.54) is 0 Å². The number of nitrogens with zero attached hydrogens (tertiary/aromatic N) is 3. The van der Waals surface area contributed by atoms with Crippen LogP contribution >= 0.6 is 0 Å². The number of rotatable bonds is 5. The Kier molecular flexibility index (Phi) is 5.72. The van der Waals surface area contributed by atoms with Crippen molar-refractivity contribution in [3.8, 4) is 17.1 Å². The van der Waals surface area contributed by atoms with Gasteiger partial charge in [0.15, 0.2) is 11.9 Å². The van der Waals surface area contributed by atoms with Gasteiger partial charge in [0, 0.05) is 29.7 Å². The molecule has 4 rings (SSSR count). The zero-order valence-electron chi connectivity index (χ0n) is 18.4. The largest absolute Gasteiger partial charge is 0.481 e. The molecule has 1 aliphatic rings. The van der Waals surface area contributed by atoms with Crippen LogP contribution in [-0.4, -0.2) is 27.0 Å². The minimum atomic E-state index is -0.604. The van der Waals surface area contributed by atoms with E-state index in [1.54, 1.807) is 19.3 Å². The van der Waals surface area contributed by atoms with Gasteiger partial charge in [0.05, 0.1) is 11.7 Å². The predicted octanol–water partition coefficient (Wildman–Crippen LogP) is 4.44. The Morgan fingerprint density at radius 1 is 1.16 bits per heavy atom. The van der Waals surface area contributed by atoms with Crippen molar-refractivity contribution >= 4 is 5.91 Å². The molecule has 0 saturated heterocycles. The summed E-state index contributed by atoms with van der Waals surface area (Å²) in [6.07, 6.45) is 6.38. The molecule has 2 aromatic heterocycles. The van der Waals surface area contributed by atoms with Crippen LogP contribution in [0.4, 0.5) is 0 Å². The molecule has 2 heterocycles. The molecule has 6 heteroatoms. The molecule has 3 aromatic rings. The summed E-state index contributed by atoms with van der Waals surface area (Å²) in [7, 11) is 0. The lowest BCUT2D eigenvalue weighted by atomic mass is 9.74. The molecule has 2 unspecified atom stereocenters. The van der Waals surface area contributed by atoms with Crippen molar-refractivity contribution in [2.24, 2.45) is 5.41 Å². The third-order valence-electron chi connectivity index (χ3n) is 5.64. The summed E-state index contributed by atoms with van der Waals surface area (Å²) in [5, 5.41) is 3.17. The van der Waals surface area contributed by atoms with Gasteiger partial charge in [-0.3, -0.25) is 9.78 Å². The molecule has 0 aliphatic heterocycles. The van der Waals surface area contributed by atoms with Crippen LogP contribution in [0.25, 0.3) is 11.4 Å². The standard InChI is InChI=1S/C25H28N4O2/c1-16-5-7-19(8-6-16)31-17(2)24(30)29-22-14-25(3,4)13-21-20(22)15-27-23(28-21)18-9-11-26-12-10-18/h5-12,15,17,22H,13-14H2,1-4H3,(H,29,30). The molecule has 2 atom stereocenters. The van der Waals surface area contributed by atoms with Crippen LogP contribution in [0, 0.1) is 12.3 Å². The quantitative estimate of drug-likeness (QED) is 0.665. The summed E-state index contributed by atoms with van der Waals surface area (Å²) in [5.41, 5.74) is 4.05. The van der Waals surface area contributed by atoms with Gasteiger partial charge in [-0.1, -0.05) is 31.5 Å². The summed E-state index contributed by atoms with van der Waals surface area (Å²) in [5.74, 6) is 1.22. The Labute approximate surface area is 183 Å². The van der Waals surface area contributed by atoms with Gasteiger partial charge in [0.25, 0.3) is 5.91 Å². The Morgan fingerprint density at radius 3 is 2.58 bits per heavy atom. The molecule has 0 spiro atoms. The van der Waals surface area contributed by atoms with Crippen molar-refractivity contribution in [2.45, 2.75) is 52.7 Å². The van der Waals surface area contributed by atoms with Gasteiger partial charge < -0.3 is 10.1 Å². The van der Waals surface area contributed by atoms with E-state index in [9.17, 15) is 4.79 Å². The third kappa shape index (κ3) is 4.90. The second-order valence-electron chi connectivity index (χ2n) is 9.01. The molecule has 0 saturated carbocycles. The summed E-state index contributed by atoms with van der Waals surface area (Å²) in [6.45, 7) is 8.20. The number of fused-ring (bicyclic) bond motifs is 1. The lowest BCUT2D eigenvalue weighted by Gasteiger charge is -2.37. The van der Waals surface area contributed by atoms with E-state index < -0.39 is 6.10 Å². The number of nitrogens with one attached hydrogen (secondary N) is 1. The smallest absolute Gasteiger partial charge is 0.261 e. The second-order valence-corrected chi connectivity index (χ2v) is 9.01. The van der Waals surface area contributed by atoms with Gasteiger partial charge in [-0.05, 0) is 56.4 Å². The molecule has 1 aliphatic carbocycles. The Balaban J connectivity index is 1.53. The van der Waals surface area contributed by atoms with Gasteiger partial charge >= 0.3 is 0 Å². The van der Waals surface area contributed by atoms with Crippen molar-refractivity contribution in [1.29, 1.82) is 0 Å². The van der Waals surface area contributed by atoms with Crippen LogP contribution in [0.5, 0.6) is 5.75 Å². The highest BCUT2D eigenvalue weighted by Crippen LogP contribution is 2.40. The minimum Gasteiger partial charge on any atom is -0.481 e. The lowest BCUT2D eigenvalue weighted by molar-refractivity contribution is -0.128. The summed E-state index contributed by atoms with van der Waals surface area (Å²) in [4.78, 5) is 26.4. The topological polar surface area (TPSA) is 77.0 Å². The molecular formula is C25H28N4O2. The first-order chi connectivity index (χ1) is 14.8. The number of benzene rings is 1. The molecule has 31 heavy (non-hydrogen) atoms. The van der Waals surface area contributed by atoms with E-state index in [4.69, 9.17) is 9.72 Å². The molecular weight excluding hydrogens is 388 g/mol. The maximum atomic E-state index is 12.9. The van der Waals surface area contributed by atoms with Gasteiger partial charge in [-0.25, -0.2) is 9.97 Å². The van der Waals surface area contributed by atoms with Crippen molar-refractivity contribution in [3.63, 3.8) is 0 Å². The molecule has 6 nitrogen and oxygen atoms in total. The average molecular weight is 417 g/mol. The van der Waals surface area contributed by atoms with Crippen LogP contribution in [0.15, 0.2) is 55.0 Å². The molecule has 0 bridgehead atoms. The van der Waals surface area contributed by atoms with Crippen LogP contribution < -0.4 is 10.1 Å². The van der Waals surface area contributed by atoms with Gasteiger partial charge in [-0.2, -0.15) is 0 Å².